The number of piperidine rings is 1. The number of amides is 1. The highest BCUT2D eigenvalue weighted by molar-refractivity contribution is 5.77. The molecule has 0 aliphatic carbocycles. The zero-order valence-electron chi connectivity index (χ0n) is 12.2. The highest BCUT2D eigenvalue weighted by Gasteiger charge is 2.26. The minimum Gasteiger partial charge on any atom is -0.369 e. The SMILES string of the molecule is CCNCc1cc(F)c(N2CCC(C(N)=O)CC2)c(F)c1. The van der Waals surface area contributed by atoms with Crippen LogP contribution in [0, 0.1) is 17.6 Å². The standard InChI is InChI=1S/C15H21F2N3O/c1-2-19-9-10-7-12(16)14(13(17)8-10)20-5-3-11(4-6-20)15(18)21/h7-8,11,19H,2-6,9H2,1H3,(H2,18,21). The third-order valence-electron chi connectivity index (χ3n) is 3.87. The van der Waals surface area contributed by atoms with Gasteiger partial charge in [0.2, 0.25) is 5.91 Å². The lowest BCUT2D eigenvalue weighted by Gasteiger charge is -2.32. The lowest BCUT2D eigenvalue weighted by molar-refractivity contribution is -0.122. The number of halogens is 2. The number of nitrogens with one attached hydrogen (secondary N) is 1. The van der Waals surface area contributed by atoms with Crippen LogP contribution in [0.4, 0.5) is 14.5 Å². The minimum absolute atomic E-state index is 0.00170. The summed E-state index contributed by atoms with van der Waals surface area (Å²) in [6.07, 6.45) is 1.07. The summed E-state index contributed by atoms with van der Waals surface area (Å²) >= 11 is 0. The Bertz CT molecular complexity index is 491. The van der Waals surface area contributed by atoms with Gasteiger partial charge in [-0.15, -0.1) is 0 Å². The average Bonchev–Trinajstić information content (AvgIpc) is 2.45. The van der Waals surface area contributed by atoms with Gasteiger partial charge in [0.05, 0.1) is 0 Å². The largest absolute Gasteiger partial charge is 0.369 e. The second kappa shape index (κ2) is 6.85. The quantitative estimate of drug-likeness (QED) is 0.871. The maximum absolute atomic E-state index is 14.2. The Kier molecular flexibility index (Phi) is 5.12. The van der Waals surface area contributed by atoms with E-state index in [4.69, 9.17) is 5.73 Å². The highest BCUT2D eigenvalue weighted by atomic mass is 19.1. The van der Waals surface area contributed by atoms with E-state index in [1.807, 2.05) is 6.92 Å². The third kappa shape index (κ3) is 3.69. The summed E-state index contributed by atoms with van der Waals surface area (Å²) in [5.41, 5.74) is 5.85. The van der Waals surface area contributed by atoms with Crippen LogP contribution in [-0.2, 0) is 11.3 Å². The molecule has 1 saturated heterocycles. The van der Waals surface area contributed by atoms with Gasteiger partial charge in [-0.05, 0) is 37.1 Å². The number of anilines is 1. The zero-order valence-corrected chi connectivity index (χ0v) is 12.2. The molecule has 21 heavy (non-hydrogen) atoms. The van der Waals surface area contributed by atoms with Crippen molar-refractivity contribution in [3.8, 4) is 0 Å². The second-order valence-electron chi connectivity index (χ2n) is 5.35. The molecule has 0 aromatic heterocycles. The van der Waals surface area contributed by atoms with Gasteiger partial charge in [0, 0.05) is 25.6 Å². The summed E-state index contributed by atoms with van der Waals surface area (Å²) in [7, 11) is 0. The molecule has 1 aromatic carbocycles. The Hall–Kier alpha value is -1.69. The molecule has 1 heterocycles. The fourth-order valence-electron chi connectivity index (χ4n) is 2.68. The van der Waals surface area contributed by atoms with Gasteiger partial charge in [0.1, 0.15) is 17.3 Å². The Labute approximate surface area is 123 Å². The summed E-state index contributed by atoms with van der Waals surface area (Å²) in [5, 5.41) is 3.04. The molecule has 1 aromatic rings. The van der Waals surface area contributed by atoms with Gasteiger partial charge in [-0.2, -0.15) is 0 Å². The summed E-state index contributed by atoms with van der Waals surface area (Å²) in [4.78, 5) is 12.8. The lowest BCUT2D eigenvalue weighted by Crippen LogP contribution is -2.39. The molecule has 0 bridgehead atoms. The van der Waals surface area contributed by atoms with Gasteiger partial charge in [0.25, 0.3) is 0 Å². The maximum atomic E-state index is 14.2. The second-order valence-corrected chi connectivity index (χ2v) is 5.35. The molecular formula is C15H21F2N3O. The lowest BCUT2D eigenvalue weighted by atomic mass is 9.95. The number of carbonyl (C=O) groups is 1. The normalized spacial score (nSPS) is 16.2. The zero-order chi connectivity index (χ0) is 15.4. The molecule has 1 fully saturated rings. The van der Waals surface area contributed by atoms with Crippen molar-refractivity contribution in [2.45, 2.75) is 26.3 Å². The van der Waals surface area contributed by atoms with Crippen LogP contribution in [0.5, 0.6) is 0 Å². The molecule has 1 aliphatic rings. The van der Waals surface area contributed by atoms with E-state index in [0.717, 1.165) is 6.54 Å². The first-order valence-corrected chi connectivity index (χ1v) is 7.25. The van der Waals surface area contributed by atoms with Crippen LogP contribution in [0.25, 0.3) is 0 Å². The molecule has 0 radical (unpaired) electrons. The summed E-state index contributed by atoms with van der Waals surface area (Å²) in [6.45, 7) is 3.99. The van der Waals surface area contributed by atoms with Gasteiger partial charge in [-0.25, -0.2) is 8.78 Å². The minimum atomic E-state index is -0.555. The van der Waals surface area contributed by atoms with Gasteiger partial charge >= 0.3 is 0 Å². The smallest absolute Gasteiger partial charge is 0.220 e. The monoisotopic (exact) mass is 297 g/mol. The Balaban J connectivity index is 2.12. The van der Waals surface area contributed by atoms with Crippen LogP contribution in [-0.4, -0.2) is 25.5 Å². The van der Waals surface area contributed by atoms with Crippen LogP contribution in [0.3, 0.4) is 0 Å². The molecule has 0 unspecified atom stereocenters. The van der Waals surface area contributed by atoms with E-state index < -0.39 is 11.6 Å². The number of rotatable bonds is 5. The van der Waals surface area contributed by atoms with E-state index in [1.165, 1.54) is 12.1 Å². The van der Waals surface area contributed by atoms with Gasteiger partial charge in [0.15, 0.2) is 0 Å². The van der Waals surface area contributed by atoms with E-state index in [1.54, 1.807) is 4.90 Å². The number of nitrogens with zero attached hydrogens (tertiary/aromatic N) is 1. The number of benzene rings is 1. The molecular weight excluding hydrogens is 276 g/mol. The molecule has 0 saturated carbocycles. The number of hydrogen-bond acceptors (Lipinski definition) is 3. The molecule has 116 valence electrons. The summed E-state index contributed by atoms with van der Waals surface area (Å²) in [6, 6.07) is 2.72. The van der Waals surface area contributed by atoms with Crippen molar-refractivity contribution >= 4 is 11.6 Å². The van der Waals surface area contributed by atoms with Crippen LogP contribution in [0.2, 0.25) is 0 Å². The van der Waals surface area contributed by atoms with Crippen molar-refractivity contribution in [3.05, 3.63) is 29.3 Å². The average molecular weight is 297 g/mol. The third-order valence-corrected chi connectivity index (χ3v) is 3.87. The van der Waals surface area contributed by atoms with Gasteiger partial charge in [-0.3, -0.25) is 4.79 Å². The Morgan fingerprint density at radius 1 is 1.33 bits per heavy atom. The van der Waals surface area contributed by atoms with E-state index in [2.05, 4.69) is 5.32 Å². The van der Waals surface area contributed by atoms with Gasteiger partial charge < -0.3 is 16.0 Å². The predicted octanol–water partition coefficient (Wildman–Crippen LogP) is 1.78. The Morgan fingerprint density at radius 3 is 2.38 bits per heavy atom. The van der Waals surface area contributed by atoms with E-state index in [0.29, 0.717) is 38.0 Å². The summed E-state index contributed by atoms with van der Waals surface area (Å²) < 4.78 is 28.4. The highest BCUT2D eigenvalue weighted by Crippen LogP contribution is 2.29. The first kappa shape index (κ1) is 15.7. The molecule has 4 nitrogen and oxygen atoms in total. The van der Waals surface area contributed by atoms with Crippen LogP contribution >= 0.6 is 0 Å². The van der Waals surface area contributed by atoms with Crippen molar-refractivity contribution in [2.75, 3.05) is 24.5 Å². The number of nitrogens with two attached hydrogens (primary N) is 1. The van der Waals surface area contributed by atoms with Crippen LogP contribution in [0.1, 0.15) is 25.3 Å². The number of carbonyl (C=O) groups excluding carboxylic acids is 1. The van der Waals surface area contributed by atoms with Gasteiger partial charge in [-0.1, -0.05) is 6.92 Å². The van der Waals surface area contributed by atoms with Crippen LogP contribution < -0.4 is 16.0 Å². The number of hydrogen-bond donors (Lipinski definition) is 2. The molecule has 2 rings (SSSR count). The van der Waals surface area contributed by atoms with Crippen molar-refractivity contribution < 1.29 is 13.6 Å². The number of primary amides is 1. The summed E-state index contributed by atoms with van der Waals surface area (Å²) in [5.74, 6) is -1.64. The fraction of sp³-hybridized carbons (Fsp3) is 0.533. The topological polar surface area (TPSA) is 58.4 Å². The van der Waals surface area contributed by atoms with Crippen LogP contribution in [0.15, 0.2) is 12.1 Å². The van der Waals surface area contributed by atoms with Crippen molar-refractivity contribution in [2.24, 2.45) is 11.7 Å². The maximum Gasteiger partial charge on any atom is 0.220 e. The predicted molar refractivity (Wildman–Crippen MR) is 77.9 cm³/mol. The first-order valence-electron chi connectivity index (χ1n) is 7.25. The molecule has 6 heteroatoms. The van der Waals surface area contributed by atoms with E-state index in [-0.39, 0.29) is 17.5 Å². The molecule has 1 aliphatic heterocycles. The van der Waals surface area contributed by atoms with Crippen molar-refractivity contribution in [1.82, 2.24) is 5.32 Å². The fourth-order valence-corrected chi connectivity index (χ4v) is 2.68. The molecule has 0 spiro atoms. The van der Waals surface area contributed by atoms with Crippen molar-refractivity contribution in [3.63, 3.8) is 0 Å². The van der Waals surface area contributed by atoms with E-state index >= 15 is 0 Å². The van der Waals surface area contributed by atoms with Crippen molar-refractivity contribution in [1.29, 1.82) is 0 Å². The first-order chi connectivity index (χ1) is 10.0. The Morgan fingerprint density at radius 2 is 1.90 bits per heavy atom. The van der Waals surface area contributed by atoms with E-state index in [9.17, 15) is 13.6 Å². The molecule has 1 amide bonds. The molecule has 3 N–H and O–H groups in total. The molecule has 0 atom stereocenters.